The van der Waals surface area contributed by atoms with Crippen LogP contribution in [0.4, 0.5) is 0 Å². The van der Waals surface area contributed by atoms with Gasteiger partial charge in [0.15, 0.2) is 0 Å². The number of ether oxygens (including phenoxy) is 2. The number of hydrogen-bond donors (Lipinski definition) is 0. The zero-order chi connectivity index (χ0) is 22.0. The van der Waals surface area contributed by atoms with Crippen LogP contribution >= 0.6 is 0 Å². The molecular formula is C24H23NO6. The van der Waals surface area contributed by atoms with Crippen LogP contribution in [0.25, 0.3) is 11.0 Å². The van der Waals surface area contributed by atoms with Crippen molar-refractivity contribution in [2.75, 3.05) is 13.7 Å². The number of rotatable bonds is 6. The second-order valence-corrected chi connectivity index (χ2v) is 7.59. The number of carbonyl (C=O) groups excluding carboxylic acids is 2. The molecule has 0 radical (unpaired) electrons. The van der Waals surface area contributed by atoms with Gasteiger partial charge in [-0.1, -0.05) is 30.3 Å². The van der Waals surface area contributed by atoms with Crippen molar-refractivity contribution in [3.05, 3.63) is 76.1 Å². The average Bonchev–Trinajstić information content (AvgIpc) is 3.18. The van der Waals surface area contributed by atoms with Gasteiger partial charge in [0.05, 0.1) is 19.1 Å². The molecule has 7 heteroatoms. The van der Waals surface area contributed by atoms with E-state index in [1.54, 1.807) is 23.1 Å². The number of nitrogens with zero attached hydrogens (tertiary/aromatic N) is 1. The molecule has 2 aromatic carbocycles. The summed E-state index contributed by atoms with van der Waals surface area (Å²) in [6.45, 7) is 2.18. The number of methoxy groups -OCH3 is 1. The largest absolute Gasteiger partial charge is 0.497 e. The number of amides is 1. The Morgan fingerprint density at radius 3 is 2.68 bits per heavy atom. The van der Waals surface area contributed by atoms with Crippen molar-refractivity contribution in [3.8, 4) is 5.75 Å². The molecule has 4 rings (SSSR count). The van der Waals surface area contributed by atoms with E-state index in [9.17, 15) is 14.4 Å². The summed E-state index contributed by atoms with van der Waals surface area (Å²) in [6.07, 6.45) is 0.116. The van der Waals surface area contributed by atoms with Gasteiger partial charge < -0.3 is 18.8 Å². The number of carbonyl (C=O) groups is 2. The summed E-state index contributed by atoms with van der Waals surface area (Å²) < 4.78 is 15.9. The summed E-state index contributed by atoms with van der Waals surface area (Å²) in [7, 11) is 1.52. The van der Waals surface area contributed by atoms with E-state index in [1.807, 2.05) is 37.3 Å². The Balaban J connectivity index is 1.45. The third-order valence-electron chi connectivity index (χ3n) is 5.65. The maximum absolute atomic E-state index is 12.7. The Bertz CT molecular complexity index is 1170. The smallest absolute Gasteiger partial charge is 0.336 e. The van der Waals surface area contributed by atoms with Gasteiger partial charge >= 0.3 is 11.6 Å². The number of hydrogen-bond acceptors (Lipinski definition) is 6. The number of fused-ring (bicyclic) bond motifs is 1. The Hall–Kier alpha value is -3.61. The van der Waals surface area contributed by atoms with Gasteiger partial charge in [0.1, 0.15) is 17.9 Å². The molecule has 2 heterocycles. The normalized spacial score (nSPS) is 17.0. The van der Waals surface area contributed by atoms with Crippen molar-refractivity contribution in [2.45, 2.75) is 26.0 Å². The van der Waals surface area contributed by atoms with Crippen LogP contribution in [0.5, 0.6) is 5.75 Å². The first-order valence-corrected chi connectivity index (χ1v) is 10.1. The highest BCUT2D eigenvalue weighted by molar-refractivity contribution is 5.87. The molecule has 7 nitrogen and oxygen atoms in total. The molecular weight excluding hydrogens is 398 g/mol. The molecule has 0 unspecified atom stereocenters. The molecule has 31 heavy (non-hydrogen) atoms. The lowest BCUT2D eigenvalue weighted by Crippen LogP contribution is -2.29. The van der Waals surface area contributed by atoms with E-state index in [-0.39, 0.29) is 25.0 Å². The van der Waals surface area contributed by atoms with Gasteiger partial charge in [0.2, 0.25) is 5.91 Å². The Kier molecular flexibility index (Phi) is 5.75. The minimum Gasteiger partial charge on any atom is -0.497 e. The fourth-order valence-electron chi connectivity index (χ4n) is 3.90. The molecule has 0 saturated carbocycles. The van der Waals surface area contributed by atoms with Crippen molar-refractivity contribution in [3.63, 3.8) is 0 Å². The molecule has 0 spiro atoms. The number of esters is 1. The van der Waals surface area contributed by atoms with Gasteiger partial charge in [-0.2, -0.15) is 0 Å². The van der Waals surface area contributed by atoms with E-state index in [1.165, 1.54) is 13.2 Å². The minimum atomic E-state index is -0.537. The molecule has 1 aromatic heterocycles. The lowest BCUT2D eigenvalue weighted by Gasteiger charge is -2.25. The summed E-state index contributed by atoms with van der Waals surface area (Å²) >= 11 is 0. The van der Waals surface area contributed by atoms with Gasteiger partial charge in [-0.3, -0.25) is 9.59 Å². The van der Waals surface area contributed by atoms with E-state index < -0.39 is 17.5 Å². The number of benzene rings is 2. The Morgan fingerprint density at radius 2 is 1.94 bits per heavy atom. The number of likely N-dealkylation sites (tertiary alicyclic amines) is 1. The quantitative estimate of drug-likeness (QED) is 0.448. The summed E-state index contributed by atoms with van der Waals surface area (Å²) in [5, 5.41) is 0.662. The summed E-state index contributed by atoms with van der Waals surface area (Å²) in [4.78, 5) is 38.8. The summed E-state index contributed by atoms with van der Waals surface area (Å²) in [6, 6.07) is 16.0. The standard InChI is InChI=1S/C24H23NO6/c1-15(16-6-4-3-5-7-16)25-13-17(10-22(25)26)24(28)30-14-18-11-23(27)31-21-12-19(29-2)8-9-20(18)21/h3-9,11-12,15,17H,10,13-14H2,1-2H3/t15-,17+/m0/s1. The molecule has 0 bridgehead atoms. The van der Waals surface area contributed by atoms with Crippen molar-refractivity contribution >= 4 is 22.8 Å². The molecule has 1 fully saturated rings. The molecule has 1 saturated heterocycles. The summed E-state index contributed by atoms with van der Waals surface area (Å²) in [5.41, 5.74) is 1.38. The van der Waals surface area contributed by atoms with E-state index in [0.717, 1.165) is 5.56 Å². The van der Waals surface area contributed by atoms with Crippen LogP contribution in [0.1, 0.15) is 30.5 Å². The molecule has 160 valence electrons. The van der Waals surface area contributed by atoms with Gasteiger partial charge in [-0.05, 0) is 24.6 Å². The monoisotopic (exact) mass is 421 g/mol. The first kappa shape index (κ1) is 20.7. The summed E-state index contributed by atoms with van der Waals surface area (Å²) in [5.74, 6) is -0.505. The lowest BCUT2D eigenvalue weighted by atomic mass is 10.1. The maximum atomic E-state index is 12.7. The predicted octanol–water partition coefficient (Wildman–Crippen LogP) is 3.45. The average molecular weight is 421 g/mol. The van der Waals surface area contributed by atoms with E-state index in [4.69, 9.17) is 13.9 Å². The van der Waals surface area contributed by atoms with E-state index in [2.05, 4.69) is 0 Å². The topological polar surface area (TPSA) is 86.0 Å². The van der Waals surface area contributed by atoms with Crippen molar-refractivity contribution < 1.29 is 23.5 Å². The van der Waals surface area contributed by atoms with Crippen LogP contribution < -0.4 is 10.4 Å². The zero-order valence-corrected chi connectivity index (χ0v) is 17.4. The molecule has 3 aromatic rings. The highest BCUT2D eigenvalue weighted by Gasteiger charge is 2.38. The fraction of sp³-hybridized carbons (Fsp3) is 0.292. The second-order valence-electron chi connectivity index (χ2n) is 7.59. The van der Waals surface area contributed by atoms with E-state index in [0.29, 0.717) is 28.8 Å². The maximum Gasteiger partial charge on any atom is 0.336 e. The molecule has 1 amide bonds. The molecule has 1 aliphatic rings. The van der Waals surface area contributed by atoms with Crippen molar-refractivity contribution in [1.29, 1.82) is 0 Å². The molecule has 0 N–H and O–H groups in total. The highest BCUT2D eigenvalue weighted by Crippen LogP contribution is 2.29. The first-order chi connectivity index (χ1) is 15.0. The molecule has 2 atom stereocenters. The van der Waals surface area contributed by atoms with Crippen molar-refractivity contribution in [1.82, 2.24) is 4.90 Å². The van der Waals surface area contributed by atoms with Crippen LogP contribution in [-0.2, 0) is 20.9 Å². The van der Waals surface area contributed by atoms with Crippen LogP contribution in [0, 0.1) is 5.92 Å². The van der Waals surface area contributed by atoms with Crippen LogP contribution in [0.2, 0.25) is 0 Å². The van der Waals surface area contributed by atoms with Crippen LogP contribution in [-0.4, -0.2) is 30.4 Å². The van der Waals surface area contributed by atoms with Crippen LogP contribution in [0.15, 0.2) is 63.8 Å². The predicted molar refractivity (Wildman–Crippen MR) is 114 cm³/mol. The van der Waals surface area contributed by atoms with Gasteiger partial charge in [-0.25, -0.2) is 4.79 Å². The molecule has 0 aliphatic carbocycles. The third-order valence-corrected chi connectivity index (χ3v) is 5.65. The zero-order valence-electron chi connectivity index (χ0n) is 17.4. The van der Waals surface area contributed by atoms with Gasteiger partial charge in [0.25, 0.3) is 0 Å². The Morgan fingerprint density at radius 1 is 1.16 bits per heavy atom. The first-order valence-electron chi connectivity index (χ1n) is 10.1. The van der Waals surface area contributed by atoms with Crippen molar-refractivity contribution in [2.24, 2.45) is 5.92 Å². The second kappa shape index (κ2) is 8.63. The van der Waals surface area contributed by atoms with E-state index >= 15 is 0 Å². The SMILES string of the molecule is COc1ccc2c(COC(=O)[C@@H]3CC(=O)N([C@@H](C)c4ccccc4)C3)cc(=O)oc2c1. The lowest BCUT2D eigenvalue weighted by molar-refractivity contribution is -0.149. The highest BCUT2D eigenvalue weighted by atomic mass is 16.5. The van der Waals surface area contributed by atoms with Gasteiger partial charge in [0, 0.05) is 36.0 Å². The minimum absolute atomic E-state index is 0.0730. The Labute approximate surface area is 179 Å². The van der Waals surface area contributed by atoms with Crippen LogP contribution in [0.3, 0.4) is 0 Å². The molecule has 1 aliphatic heterocycles. The third kappa shape index (κ3) is 4.30. The fourth-order valence-corrected chi connectivity index (χ4v) is 3.90. The van der Waals surface area contributed by atoms with Gasteiger partial charge in [-0.15, -0.1) is 0 Å².